The third-order valence-corrected chi connectivity index (χ3v) is 2.94. The third kappa shape index (κ3) is 2.80. The zero-order chi connectivity index (χ0) is 14.5. The number of aliphatic hydroxyl groups excluding tert-OH is 1. The molecule has 0 spiro atoms. The summed E-state index contributed by atoms with van der Waals surface area (Å²) in [7, 11) is 0. The summed E-state index contributed by atoms with van der Waals surface area (Å²) in [5.41, 5.74) is 1.02. The van der Waals surface area contributed by atoms with E-state index in [0.717, 1.165) is 0 Å². The number of benzene rings is 1. The molecule has 0 fully saturated rings. The largest absolute Gasteiger partial charge is 0.420 e. The molecule has 1 aromatic heterocycles. The number of nitrogens with zero attached hydrogens (tertiary/aromatic N) is 2. The Kier molecular flexibility index (Phi) is 4.37. The van der Waals surface area contributed by atoms with Crippen molar-refractivity contribution in [3.63, 3.8) is 0 Å². The van der Waals surface area contributed by atoms with Crippen molar-refractivity contribution in [2.45, 2.75) is 6.54 Å². The molecular formula is C14H16N2O4. The Bertz CT molecular complexity index is 671. The van der Waals surface area contributed by atoms with Gasteiger partial charge in [-0.15, -0.1) is 6.58 Å². The first-order valence-electron chi connectivity index (χ1n) is 6.25. The van der Waals surface area contributed by atoms with Crippen molar-refractivity contribution >= 4 is 17.0 Å². The van der Waals surface area contributed by atoms with Gasteiger partial charge in [0, 0.05) is 13.1 Å². The second-order valence-corrected chi connectivity index (χ2v) is 4.27. The van der Waals surface area contributed by atoms with Crippen molar-refractivity contribution in [1.82, 2.24) is 9.47 Å². The summed E-state index contributed by atoms with van der Waals surface area (Å²) in [6, 6.07) is 6.92. The second kappa shape index (κ2) is 6.21. The lowest BCUT2D eigenvalue weighted by Gasteiger charge is -2.19. The molecular weight excluding hydrogens is 260 g/mol. The van der Waals surface area contributed by atoms with Crippen LogP contribution in [0.5, 0.6) is 0 Å². The van der Waals surface area contributed by atoms with Gasteiger partial charge in [0.25, 0.3) is 0 Å². The number of carbonyl (C=O) groups is 1. The third-order valence-electron chi connectivity index (χ3n) is 2.94. The molecule has 0 radical (unpaired) electrons. The Balaban J connectivity index is 2.27. The smallest absolute Gasteiger partial charge is 0.408 e. The molecule has 0 saturated heterocycles. The molecule has 6 nitrogen and oxygen atoms in total. The zero-order valence-corrected chi connectivity index (χ0v) is 11.0. The van der Waals surface area contributed by atoms with Crippen LogP contribution in [0.1, 0.15) is 0 Å². The van der Waals surface area contributed by atoms with Crippen LogP contribution in [0.2, 0.25) is 0 Å². The molecule has 0 aliphatic rings. The van der Waals surface area contributed by atoms with Gasteiger partial charge in [0.1, 0.15) is 6.54 Å². The molecule has 1 aromatic carbocycles. The predicted octanol–water partition coefficient (Wildman–Crippen LogP) is 0.601. The lowest BCUT2D eigenvalue weighted by molar-refractivity contribution is -0.131. The highest BCUT2D eigenvalue weighted by Gasteiger charge is 2.16. The van der Waals surface area contributed by atoms with Gasteiger partial charge >= 0.3 is 5.76 Å². The Labute approximate surface area is 115 Å². The fourth-order valence-electron chi connectivity index (χ4n) is 1.99. The molecule has 2 rings (SSSR count). The summed E-state index contributed by atoms with van der Waals surface area (Å²) in [6.07, 6.45) is 1.57. The van der Waals surface area contributed by atoms with Crippen molar-refractivity contribution < 1.29 is 14.3 Å². The van der Waals surface area contributed by atoms with Gasteiger partial charge in [-0.25, -0.2) is 4.79 Å². The van der Waals surface area contributed by atoms with E-state index in [2.05, 4.69) is 6.58 Å². The zero-order valence-electron chi connectivity index (χ0n) is 11.0. The van der Waals surface area contributed by atoms with Crippen LogP contribution in [0.4, 0.5) is 0 Å². The molecule has 0 unspecified atom stereocenters. The number of rotatable bonds is 6. The quantitative estimate of drug-likeness (QED) is 0.784. The number of hydrogen-bond donors (Lipinski definition) is 1. The summed E-state index contributed by atoms with van der Waals surface area (Å²) in [5.74, 6) is -0.838. The molecule has 0 aliphatic carbocycles. The summed E-state index contributed by atoms with van der Waals surface area (Å²) < 4.78 is 6.35. The minimum Gasteiger partial charge on any atom is -0.408 e. The van der Waals surface area contributed by atoms with Gasteiger partial charge in [0.15, 0.2) is 5.58 Å². The van der Waals surface area contributed by atoms with Crippen LogP contribution < -0.4 is 5.76 Å². The van der Waals surface area contributed by atoms with Gasteiger partial charge in [0.05, 0.1) is 12.1 Å². The van der Waals surface area contributed by atoms with Gasteiger partial charge < -0.3 is 14.4 Å². The van der Waals surface area contributed by atoms with Crippen LogP contribution in [-0.2, 0) is 11.3 Å². The first-order chi connectivity index (χ1) is 9.67. The number of amides is 1. The lowest BCUT2D eigenvalue weighted by atomic mass is 10.3. The normalized spacial score (nSPS) is 10.7. The Morgan fingerprint density at radius 1 is 1.45 bits per heavy atom. The molecule has 20 heavy (non-hydrogen) atoms. The maximum absolute atomic E-state index is 12.2. The number of para-hydroxylation sites is 2. The van der Waals surface area contributed by atoms with E-state index >= 15 is 0 Å². The molecule has 6 heteroatoms. The average Bonchev–Trinajstić information content (AvgIpc) is 2.75. The molecule has 2 aromatic rings. The molecule has 0 saturated carbocycles. The van der Waals surface area contributed by atoms with E-state index in [1.165, 1.54) is 9.47 Å². The van der Waals surface area contributed by atoms with Crippen LogP contribution in [0, 0.1) is 0 Å². The Morgan fingerprint density at radius 3 is 2.90 bits per heavy atom. The van der Waals surface area contributed by atoms with Crippen LogP contribution in [-0.4, -0.2) is 40.2 Å². The van der Waals surface area contributed by atoms with E-state index in [9.17, 15) is 9.59 Å². The number of carbonyl (C=O) groups excluding carboxylic acids is 1. The van der Waals surface area contributed by atoms with Crippen molar-refractivity contribution in [1.29, 1.82) is 0 Å². The molecule has 0 bridgehead atoms. The fraction of sp³-hybridized carbons (Fsp3) is 0.286. The van der Waals surface area contributed by atoms with Crippen molar-refractivity contribution in [2.24, 2.45) is 0 Å². The molecule has 1 N–H and O–H groups in total. The maximum atomic E-state index is 12.2. The van der Waals surface area contributed by atoms with Gasteiger partial charge in [-0.05, 0) is 12.1 Å². The molecule has 0 aliphatic heterocycles. The summed E-state index contributed by atoms with van der Waals surface area (Å²) in [4.78, 5) is 25.4. The number of oxazole rings is 1. The molecule has 1 amide bonds. The second-order valence-electron chi connectivity index (χ2n) is 4.27. The highest BCUT2D eigenvalue weighted by molar-refractivity contribution is 5.79. The monoisotopic (exact) mass is 276 g/mol. The first kappa shape index (κ1) is 14.1. The average molecular weight is 276 g/mol. The summed E-state index contributed by atoms with van der Waals surface area (Å²) >= 11 is 0. The fourth-order valence-corrected chi connectivity index (χ4v) is 1.99. The van der Waals surface area contributed by atoms with E-state index in [-0.39, 0.29) is 25.6 Å². The Morgan fingerprint density at radius 2 is 2.20 bits per heavy atom. The van der Waals surface area contributed by atoms with Gasteiger partial charge in [0.2, 0.25) is 5.91 Å². The van der Waals surface area contributed by atoms with E-state index < -0.39 is 5.76 Å². The highest BCUT2D eigenvalue weighted by atomic mass is 16.4. The van der Waals surface area contributed by atoms with Crippen molar-refractivity contribution in [3.05, 3.63) is 47.5 Å². The predicted molar refractivity (Wildman–Crippen MR) is 74.3 cm³/mol. The van der Waals surface area contributed by atoms with Crippen molar-refractivity contribution in [3.8, 4) is 0 Å². The van der Waals surface area contributed by atoms with Gasteiger partial charge in [-0.3, -0.25) is 9.36 Å². The standard InChI is InChI=1S/C14H16N2O4/c1-2-7-15(8-9-17)13(18)10-16-11-5-3-4-6-12(11)20-14(16)19/h2-6,17H,1,7-10H2. The van der Waals surface area contributed by atoms with Crippen LogP contribution >= 0.6 is 0 Å². The van der Waals surface area contributed by atoms with Crippen molar-refractivity contribution in [2.75, 3.05) is 19.7 Å². The van der Waals surface area contributed by atoms with E-state index in [1.807, 2.05) is 0 Å². The van der Waals surface area contributed by atoms with E-state index in [1.54, 1.807) is 30.3 Å². The number of fused-ring (bicyclic) bond motifs is 1. The molecule has 1 heterocycles. The maximum Gasteiger partial charge on any atom is 0.420 e. The van der Waals surface area contributed by atoms with E-state index in [4.69, 9.17) is 9.52 Å². The molecule has 106 valence electrons. The topological polar surface area (TPSA) is 75.7 Å². The number of aromatic nitrogens is 1. The first-order valence-corrected chi connectivity index (χ1v) is 6.25. The van der Waals surface area contributed by atoms with Gasteiger partial charge in [-0.1, -0.05) is 18.2 Å². The lowest BCUT2D eigenvalue weighted by Crippen LogP contribution is -2.37. The highest BCUT2D eigenvalue weighted by Crippen LogP contribution is 2.11. The molecule has 0 atom stereocenters. The minimum atomic E-state index is -0.567. The van der Waals surface area contributed by atoms with E-state index in [0.29, 0.717) is 17.6 Å². The minimum absolute atomic E-state index is 0.121. The van der Waals surface area contributed by atoms with Gasteiger partial charge in [-0.2, -0.15) is 0 Å². The van der Waals surface area contributed by atoms with Crippen LogP contribution in [0.15, 0.2) is 46.1 Å². The van der Waals surface area contributed by atoms with Crippen LogP contribution in [0.25, 0.3) is 11.1 Å². The number of aliphatic hydroxyl groups is 1. The SMILES string of the molecule is C=CCN(CCO)C(=O)Cn1c(=O)oc2ccccc21. The summed E-state index contributed by atoms with van der Waals surface area (Å²) in [6.45, 7) is 3.83. The summed E-state index contributed by atoms with van der Waals surface area (Å²) in [5, 5.41) is 8.95. The van der Waals surface area contributed by atoms with Crippen LogP contribution in [0.3, 0.4) is 0 Å². The number of hydrogen-bond acceptors (Lipinski definition) is 4. The Hall–Kier alpha value is -2.34.